The number of fused-ring (bicyclic) bond motifs is 1. The molecule has 0 saturated carbocycles. The van der Waals surface area contributed by atoms with E-state index in [1.807, 2.05) is 12.1 Å². The second-order valence-electron chi connectivity index (χ2n) is 4.95. The number of anilines is 1. The molecule has 21 heavy (non-hydrogen) atoms. The molecule has 0 fully saturated rings. The third kappa shape index (κ3) is 3.34. The van der Waals surface area contributed by atoms with E-state index < -0.39 is 0 Å². The Balaban J connectivity index is 1.46. The lowest BCUT2D eigenvalue weighted by Crippen LogP contribution is -2.15. The van der Waals surface area contributed by atoms with Gasteiger partial charge in [0.15, 0.2) is 0 Å². The predicted molar refractivity (Wildman–Crippen MR) is 76.9 cm³/mol. The summed E-state index contributed by atoms with van der Waals surface area (Å²) in [6.07, 6.45) is 3.29. The summed E-state index contributed by atoms with van der Waals surface area (Å²) in [6.45, 7) is 1.19. The number of nitrogens with zero attached hydrogens (tertiary/aromatic N) is 2. The molecule has 0 bridgehead atoms. The van der Waals surface area contributed by atoms with Crippen LogP contribution in [0.15, 0.2) is 30.5 Å². The van der Waals surface area contributed by atoms with Gasteiger partial charge in [0, 0.05) is 19.0 Å². The van der Waals surface area contributed by atoms with Crippen molar-refractivity contribution in [2.45, 2.75) is 19.4 Å². The van der Waals surface area contributed by atoms with Gasteiger partial charge < -0.3 is 15.2 Å². The molecule has 0 unspecified atom stereocenters. The SMILES string of the molecule is Nc1ccn(CC(=O)OCCc2ccc3c(c2)CCO3)n1. The van der Waals surface area contributed by atoms with Gasteiger partial charge in [-0.25, -0.2) is 0 Å². The third-order valence-corrected chi connectivity index (χ3v) is 3.36. The molecule has 1 aromatic carbocycles. The van der Waals surface area contributed by atoms with Gasteiger partial charge in [-0.15, -0.1) is 0 Å². The van der Waals surface area contributed by atoms with Crippen molar-refractivity contribution in [1.82, 2.24) is 9.78 Å². The fourth-order valence-corrected chi connectivity index (χ4v) is 2.32. The maximum absolute atomic E-state index is 11.7. The minimum Gasteiger partial charge on any atom is -0.493 e. The molecule has 0 amide bonds. The van der Waals surface area contributed by atoms with Gasteiger partial charge in [0.2, 0.25) is 0 Å². The lowest BCUT2D eigenvalue weighted by molar-refractivity contribution is -0.144. The lowest BCUT2D eigenvalue weighted by Gasteiger charge is -2.06. The molecule has 6 nitrogen and oxygen atoms in total. The number of rotatable bonds is 5. The maximum atomic E-state index is 11.7. The lowest BCUT2D eigenvalue weighted by atomic mass is 10.1. The van der Waals surface area contributed by atoms with Crippen molar-refractivity contribution in [3.05, 3.63) is 41.6 Å². The quantitative estimate of drug-likeness (QED) is 0.835. The van der Waals surface area contributed by atoms with Crippen LogP contribution in [-0.2, 0) is 28.9 Å². The van der Waals surface area contributed by atoms with Crippen molar-refractivity contribution in [1.29, 1.82) is 0 Å². The molecule has 0 spiro atoms. The standard InChI is InChI=1S/C15H17N3O3/c16-14-3-6-18(17-14)10-15(19)21-7-4-11-1-2-13-12(9-11)5-8-20-13/h1-3,6,9H,4-5,7-8,10H2,(H2,16,17). The van der Waals surface area contributed by atoms with Crippen LogP contribution in [0.25, 0.3) is 0 Å². The van der Waals surface area contributed by atoms with Gasteiger partial charge in [0.05, 0.1) is 13.2 Å². The van der Waals surface area contributed by atoms with Crippen LogP contribution < -0.4 is 10.5 Å². The highest BCUT2D eigenvalue weighted by molar-refractivity contribution is 5.69. The van der Waals surface area contributed by atoms with Gasteiger partial charge in [0.25, 0.3) is 0 Å². The second-order valence-corrected chi connectivity index (χ2v) is 4.95. The zero-order valence-corrected chi connectivity index (χ0v) is 11.6. The largest absolute Gasteiger partial charge is 0.493 e. The van der Waals surface area contributed by atoms with E-state index >= 15 is 0 Å². The van der Waals surface area contributed by atoms with E-state index in [4.69, 9.17) is 15.2 Å². The predicted octanol–water partition coefficient (Wildman–Crippen LogP) is 1.19. The summed E-state index contributed by atoms with van der Waals surface area (Å²) in [5.41, 5.74) is 7.86. The van der Waals surface area contributed by atoms with Crippen LogP contribution in [0.5, 0.6) is 5.75 Å². The molecule has 2 aromatic rings. The van der Waals surface area contributed by atoms with Crippen LogP contribution >= 0.6 is 0 Å². The average molecular weight is 287 g/mol. The molecular weight excluding hydrogens is 270 g/mol. The van der Waals surface area contributed by atoms with Crippen LogP contribution in [0.4, 0.5) is 5.82 Å². The zero-order chi connectivity index (χ0) is 14.7. The fourth-order valence-electron chi connectivity index (χ4n) is 2.32. The van der Waals surface area contributed by atoms with Crippen molar-refractivity contribution < 1.29 is 14.3 Å². The van der Waals surface area contributed by atoms with Gasteiger partial charge >= 0.3 is 5.97 Å². The van der Waals surface area contributed by atoms with E-state index in [-0.39, 0.29) is 12.5 Å². The molecule has 2 heterocycles. The normalized spacial score (nSPS) is 12.8. The number of carbonyl (C=O) groups excluding carboxylic acids is 1. The first-order chi connectivity index (χ1) is 10.2. The van der Waals surface area contributed by atoms with Crippen molar-refractivity contribution in [3.8, 4) is 5.75 Å². The summed E-state index contributed by atoms with van der Waals surface area (Å²) >= 11 is 0. The van der Waals surface area contributed by atoms with E-state index in [9.17, 15) is 4.79 Å². The highest BCUT2D eigenvalue weighted by atomic mass is 16.5. The van der Waals surface area contributed by atoms with Crippen LogP contribution in [0, 0.1) is 0 Å². The number of nitrogens with two attached hydrogens (primary N) is 1. The number of aromatic nitrogens is 2. The summed E-state index contributed by atoms with van der Waals surface area (Å²) in [7, 11) is 0. The Bertz CT molecular complexity index is 651. The summed E-state index contributed by atoms with van der Waals surface area (Å²) < 4.78 is 12.1. The molecule has 0 atom stereocenters. The Morgan fingerprint density at radius 2 is 2.33 bits per heavy atom. The number of nitrogen functional groups attached to an aromatic ring is 1. The molecule has 110 valence electrons. The van der Waals surface area contributed by atoms with E-state index in [0.717, 1.165) is 24.3 Å². The van der Waals surface area contributed by atoms with Gasteiger partial charge in [0.1, 0.15) is 18.1 Å². The van der Waals surface area contributed by atoms with Gasteiger partial charge in [-0.2, -0.15) is 5.10 Å². The fraction of sp³-hybridized carbons (Fsp3) is 0.333. The van der Waals surface area contributed by atoms with Gasteiger partial charge in [-0.1, -0.05) is 12.1 Å². The molecule has 2 N–H and O–H groups in total. The Kier molecular flexibility index (Phi) is 3.77. The number of benzene rings is 1. The van der Waals surface area contributed by atoms with E-state index in [2.05, 4.69) is 11.2 Å². The highest BCUT2D eigenvalue weighted by Gasteiger charge is 2.12. The number of ether oxygens (including phenoxy) is 2. The smallest absolute Gasteiger partial charge is 0.327 e. The number of hydrogen-bond donors (Lipinski definition) is 1. The summed E-state index contributed by atoms with van der Waals surface area (Å²) in [4.78, 5) is 11.7. The van der Waals surface area contributed by atoms with E-state index in [0.29, 0.717) is 18.8 Å². The van der Waals surface area contributed by atoms with Crippen LogP contribution in [0.1, 0.15) is 11.1 Å². The minimum absolute atomic E-state index is 0.0786. The van der Waals surface area contributed by atoms with E-state index in [1.54, 1.807) is 12.3 Å². The molecule has 1 aromatic heterocycles. The first kappa shape index (κ1) is 13.5. The van der Waals surface area contributed by atoms with Crippen LogP contribution in [0.2, 0.25) is 0 Å². The third-order valence-electron chi connectivity index (χ3n) is 3.36. The van der Waals surface area contributed by atoms with Crippen molar-refractivity contribution in [2.24, 2.45) is 0 Å². The molecule has 0 aliphatic carbocycles. The van der Waals surface area contributed by atoms with Crippen LogP contribution in [-0.4, -0.2) is 29.0 Å². The topological polar surface area (TPSA) is 79.4 Å². The van der Waals surface area contributed by atoms with Crippen molar-refractivity contribution in [2.75, 3.05) is 18.9 Å². The molecule has 1 aliphatic heterocycles. The Morgan fingerprint density at radius 3 is 3.14 bits per heavy atom. The molecular formula is C15H17N3O3. The first-order valence-corrected chi connectivity index (χ1v) is 6.90. The Labute approximate surface area is 122 Å². The minimum atomic E-state index is -0.317. The number of carbonyl (C=O) groups is 1. The zero-order valence-electron chi connectivity index (χ0n) is 11.6. The second kappa shape index (κ2) is 5.87. The molecule has 6 heteroatoms. The number of esters is 1. The highest BCUT2D eigenvalue weighted by Crippen LogP contribution is 2.25. The van der Waals surface area contributed by atoms with Gasteiger partial charge in [-0.3, -0.25) is 9.48 Å². The molecule has 0 radical (unpaired) electrons. The summed E-state index contributed by atoms with van der Waals surface area (Å²) in [6, 6.07) is 7.74. The van der Waals surface area contributed by atoms with Crippen molar-refractivity contribution >= 4 is 11.8 Å². The van der Waals surface area contributed by atoms with E-state index in [1.165, 1.54) is 10.2 Å². The maximum Gasteiger partial charge on any atom is 0.327 e. The average Bonchev–Trinajstić information content (AvgIpc) is 3.07. The monoisotopic (exact) mass is 287 g/mol. The summed E-state index contributed by atoms with van der Waals surface area (Å²) in [5.74, 6) is 1.04. The molecule has 1 aliphatic rings. The first-order valence-electron chi connectivity index (χ1n) is 6.90. The van der Waals surface area contributed by atoms with Crippen LogP contribution in [0.3, 0.4) is 0 Å². The summed E-state index contributed by atoms with van der Waals surface area (Å²) in [5, 5.41) is 3.94. The van der Waals surface area contributed by atoms with Crippen molar-refractivity contribution in [3.63, 3.8) is 0 Å². The van der Waals surface area contributed by atoms with Gasteiger partial charge in [-0.05, 0) is 23.3 Å². The number of hydrogen-bond acceptors (Lipinski definition) is 5. The Hall–Kier alpha value is -2.50. The molecule has 0 saturated heterocycles. The Morgan fingerprint density at radius 1 is 1.43 bits per heavy atom. The molecule has 3 rings (SSSR count).